The standard InChI is InChI=1S/C14H18F2O2/c1-3-13(2)9-14(17,6-7-18-13)11-5-4-10(15)8-12(11)16/h4-5,8,17H,3,6-7,9H2,1-2H3. The van der Waals surface area contributed by atoms with E-state index in [4.69, 9.17) is 4.74 Å². The van der Waals surface area contributed by atoms with Gasteiger partial charge in [-0.1, -0.05) is 13.0 Å². The topological polar surface area (TPSA) is 29.5 Å². The van der Waals surface area contributed by atoms with Crippen LogP contribution >= 0.6 is 0 Å². The van der Waals surface area contributed by atoms with Crippen molar-refractivity contribution in [2.75, 3.05) is 6.61 Å². The molecular weight excluding hydrogens is 238 g/mol. The first kappa shape index (κ1) is 13.4. The minimum Gasteiger partial charge on any atom is -0.385 e. The van der Waals surface area contributed by atoms with Gasteiger partial charge in [-0.2, -0.15) is 0 Å². The molecule has 4 heteroatoms. The Morgan fingerprint density at radius 2 is 2.11 bits per heavy atom. The molecule has 1 aliphatic heterocycles. The molecule has 0 radical (unpaired) electrons. The van der Waals surface area contributed by atoms with Crippen LogP contribution in [-0.2, 0) is 10.3 Å². The van der Waals surface area contributed by atoms with Crippen molar-refractivity contribution >= 4 is 0 Å². The fourth-order valence-corrected chi connectivity index (χ4v) is 2.55. The van der Waals surface area contributed by atoms with E-state index in [1.54, 1.807) is 0 Å². The molecule has 1 heterocycles. The normalized spacial score (nSPS) is 32.5. The predicted octanol–water partition coefficient (Wildman–Crippen LogP) is 3.13. The SMILES string of the molecule is CCC1(C)CC(O)(c2ccc(F)cc2F)CCO1. The average Bonchev–Trinajstić information content (AvgIpc) is 2.28. The van der Waals surface area contributed by atoms with Gasteiger partial charge >= 0.3 is 0 Å². The molecule has 1 fully saturated rings. The largest absolute Gasteiger partial charge is 0.385 e. The molecule has 1 N–H and O–H groups in total. The molecule has 0 bridgehead atoms. The Morgan fingerprint density at radius 3 is 2.72 bits per heavy atom. The third kappa shape index (κ3) is 2.40. The number of ether oxygens (including phenoxy) is 1. The number of halogens is 2. The van der Waals surface area contributed by atoms with Crippen molar-refractivity contribution in [3.8, 4) is 0 Å². The molecule has 2 rings (SSSR count). The first-order valence-electron chi connectivity index (χ1n) is 6.20. The van der Waals surface area contributed by atoms with Gasteiger partial charge in [-0.3, -0.25) is 0 Å². The zero-order chi connectivity index (χ0) is 13.4. The highest BCUT2D eigenvalue weighted by molar-refractivity contribution is 5.26. The summed E-state index contributed by atoms with van der Waals surface area (Å²) >= 11 is 0. The van der Waals surface area contributed by atoms with Crippen LogP contribution in [0.3, 0.4) is 0 Å². The molecule has 0 aromatic heterocycles. The quantitative estimate of drug-likeness (QED) is 0.881. The van der Waals surface area contributed by atoms with Crippen LogP contribution in [0.5, 0.6) is 0 Å². The molecule has 1 saturated heterocycles. The van der Waals surface area contributed by atoms with Gasteiger partial charge in [-0.15, -0.1) is 0 Å². The van der Waals surface area contributed by atoms with E-state index < -0.39 is 22.8 Å². The molecular formula is C14H18F2O2. The Morgan fingerprint density at radius 1 is 1.39 bits per heavy atom. The highest BCUT2D eigenvalue weighted by atomic mass is 19.1. The molecule has 0 spiro atoms. The van der Waals surface area contributed by atoms with Gasteiger partial charge in [-0.05, 0) is 19.4 Å². The Kier molecular flexibility index (Phi) is 3.43. The second-order valence-corrected chi connectivity index (χ2v) is 5.23. The van der Waals surface area contributed by atoms with Crippen LogP contribution in [0.2, 0.25) is 0 Å². The molecule has 2 nitrogen and oxygen atoms in total. The van der Waals surface area contributed by atoms with E-state index in [0.29, 0.717) is 19.4 Å². The second kappa shape index (κ2) is 4.59. The minimum absolute atomic E-state index is 0.159. The van der Waals surface area contributed by atoms with E-state index in [9.17, 15) is 13.9 Å². The fourth-order valence-electron chi connectivity index (χ4n) is 2.55. The van der Waals surface area contributed by atoms with Gasteiger partial charge in [0.25, 0.3) is 0 Å². The molecule has 0 saturated carbocycles. The maximum atomic E-state index is 13.8. The van der Waals surface area contributed by atoms with Crippen LogP contribution in [0.15, 0.2) is 18.2 Å². The Labute approximate surface area is 106 Å². The molecule has 1 aromatic rings. The van der Waals surface area contributed by atoms with Gasteiger partial charge in [0.15, 0.2) is 0 Å². The lowest BCUT2D eigenvalue weighted by Gasteiger charge is -2.43. The smallest absolute Gasteiger partial charge is 0.132 e. The monoisotopic (exact) mass is 256 g/mol. The van der Waals surface area contributed by atoms with Crippen LogP contribution in [0.4, 0.5) is 8.78 Å². The Balaban J connectivity index is 2.35. The average molecular weight is 256 g/mol. The number of hydrogen-bond donors (Lipinski definition) is 1. The summed E-state index contributed by atoms with van der Waals surface area (Å²) < 4.78 is 32.3. The van der Waals surface area contributed by atoms with Crippen molar-refractivity contribution in [3.05, 3.63) is 35.4 Å². The van der Waals surface area contributed by atoms with Crippen LogP contribution in [0.25, 0.3) is 0 Å². The van der Waals surface area contributed by atoms with E-state index in [-0.39, 0.29) is 5.56 Å². The number of hydrogen-bond acceptors (Lipinski definition) is 2. The summed E-state index contributed by atoms with van der Waals surface area (Å²) in [6, 6.07) is 3.31. The summed E-state index contributed by atoms with van der Waals surface area (Å²) in [6.45, 7) is 4.24. The highest BCUT2D eigenvalue weighted by Gasteiger charge is 2.43. The Hall–Kier alpha value is -1.00. The predicted molar refractivity (Wildman–Crippen MR) is 64.1 cm³/mol. The van der Waals surface area contributed by atoms with E-state index in [1.165, 1.54) is 12.1 Å². The van der Waals surface area contributed by atoms with Gasteiger partial charge in [0.05, 0.1) is 17.8 Å². The summed E-state index contributed by atoms with van der Waals surface area (Å²) in [5.74, 6) is -1.33. The summed E-state index contributed by atoms with van der Waals surface area (Å²) in [7, 11) is 0. The third-order valence-electron chi connectivity index (χ3n) is 3.81. The number of aliphatic hydroxyl groups is 1. The lowest BCUT2D eigenvalue weighted by Crippen LogP contribution is -2.45. The second-order valence-electron chi connectivity index (χ2n) is 5.23. The zero-order valence-electron chi connectivity index (χ0n) is 10.7. The van der Waals surface area contributed by atoms with Crippen LogP contribution in [-0.4, -0.2) is 17.3 Å². The van der Waals surface area contributed by atoms with Gasteiger partial charge in [0, 0.05) is 24.5 Å². The molecule has 2 unspecified atom stereocenters. The third-order valence-corrected chi connectivity index (χ3v) is 3.81. The van der Waals surface area contributed by atoms with E-state index in [1.807, 2.05) is 13.8 Å². The van der Waals surface area contributed by atoms with Crippen LogP contribution in [0, 0.1) is 11.6 Å². The molecule has 1 aromatic carbocycles. The number of benzene rings is 1. The van der Waals surface area contributed by atoms with Crippen LogP contribution < -0.4 is 0 Å². The number of rotatable bonds is 2. The van der Waals surface area contributed by atoms with Gasteiger partial charge < -0.3 is 9.84 Å². The Bertz CT molecular complexity index is 449. The zero-order valence-corrected chi connectivity index (χ0v) is 10.7. The molecule has 18 heavy (non-hydrogen) atoms. The summed E-state index contributed by atoms with van der Waals surface area (Å²) in [5.41, 5.74) is -1.58. The molecule has 0 amide bonds. The molecule has 100 valence electrons. The highest BCUT2D eigenvalue weighted by Crippen LogP contribution is 2.41. The fraction of sp³-hybridized carbons (Fsp3) is 0.571. The first-order valence-corrected chi connectivity index (χ1v) is 6.20. The maximum absolute atomic E-state index is 13.8. The molecule has 0 aliphatic carbocycles. The van der Waals surface area contributed by atoms with Crippen molar-refractivity contribution in [2.45, 2.75) is 44.3 Å². The van der Waals surface area contributed by atoms with Crippen molar-refractivity contribution in [1.29, 1.82) is 0 Å². The van der Waals surface area contributed by atoms with Crippen molar-refractivity contribution in [3.63, 3.8) is 0 Å². The van der Waals surface area contributed by atoms with E-state index >= 15 is 0 Å². The summed E-state index contributed by atoms with van der Waals surface area (Å²) in [5, 5.41) is 10.6. The van der Waals surface area contributed by atoms with Crippen molar-refractivity contribution in [1.82, 2.24) is 0 Å². The lowest BCUT2D eigenvalue weighted by atomic mass is 9.77. The van der Waals surface area contributed by atoms with Gasteiger partial charge in [0.2, 0.25) is 0 Å². The first-order chi connectivity index (χ1) is 8.38. The maximum Gasteiger partial charge on any atom is 0.132 e. The van der Waals surface area contributed by atoms with Crippen molar-refractivity contribution < 1.29 is 18.6 Å². The molecule has 2 atom stereocenters. The van der Waals surface area contributed by atoms with E-state index in [0.717, 1.165) is 12.5 Å². The summed E-state index contributed by atoms with van der Waals surface area (Å²) in [4.78, 5) is 0. The van der Waals surface area contributed by atoms with E-state index in [2.05, 4.69) is 0 Å². The molecule has 1 aliphatic rings. The summed E-state index contributed by atoms with van der Waals surface area (Å²) in [6.07, 6.45) is 1.38. The van der Waals surface area contributed by atoms with Gasteiger partial charge in [-0.25, -0.2) is 8.78 Å². The minimum atomic E-state index is -1.28. The van der Waals surface area contributed by atoms with Gasteiger partial charge in [0.1, 0.15) is 11.6 Å². The van der Waals surface area contributed by atoms with Crippen LogP contribution in [0.1, 0.15) is 38.7 Å². The van der Waals surface area contributed by atoms with Crippen molar-refractivity contribution in [2.24, 2.45) is 0 Å². The lowest BCUT2D eigenvalue weighted by molar-refractivity contribution is -0.158.